The molecule has 0 amide bonds. The van der Waals surface area contributed by atoms with Crippen LogP contribution < -0.4 is 5.32 Å². The zero-order valence-electron chi connectivity index (χ0n) is 11.4. The third-order valence-electron chi connectivity index (χ3n) is 3.13. The van der Waals surface area contributed by atoms with Crippen molar-refractivity contribution in [3.63, 3.8) is 0 Å². The van der Waals surface area contributed by atoms with Crippen molar-refractivity contribution in [2.24, 2.45) is 0 Å². The first-order valence-electron chi connectivity index (χ1n) is 6.53. The summed E-state index contributed by atoms with van der Waals surface area (Å²) in [5, 5.41) is 5.80. The summed E-state index contributed by atoms with van der Waals surface area (Å²) in [7, 11) is 0. The molecule has 2 heteroatoms. The fourth-order valence-electron chi connectivity index (χ4n) is 2.35. The van der Waals surface area contributed by atoms with E-state index in [1.807, 2.05) is 11.3 Å². The van der Waals surface area contributed by atoms with E-state index in [0.29, 0.717) is 6.04 Å². The molecule has 0 aliphatic carbocycles. The molecule has 1 atom stereocenters. The smallest absolute Gasteiger partial charge is 0.0414 e. The Bertz CT molecular complexity index is 468. The van der Waals surface area contributed by atoms with Crippen molar-refractivity contribution < 1.29 is 0 Å². The zero-order chi connectivity index (χ0) is 13.0. The van der Waals surface area contributed by atoms with Crippen LogP contribution in [0.2, 0.25) is 0 Å². The summed E-state index contributed by atoms with van der Waals surface area (Å²) < 4.78 is 0. The molecule has 0 bridgehead atoms. The van der Waals surface area contributed by atoms with Crippen molar-refractivity contribution in [2.75, 3.05) is 0 Å². The molecule has 1 unspecified atom stereocenters. The molecule has 0 aliphatic rings. The second kappa shape index (κ2) is 6.17. The van der Waals surface area contributed by atoms with E-state index in [-0.39, 0.29) is 0 Å². The van der Waals surface area contributed by atoms with E-state index in [4.69, 9.17) is 0 Å². The number of thiophene rings is 1. The van der Waals surface area contributed by atoms with Gasteiger partial charge in [0, 0.05) is 17.5 Å². The molecule has 2 aromatic rings. The van der Waals surface area contributed by atoms with Gasteiger partial charge in [0.05, 0.1) is 0 Å². The van der Waals surface area contributed by atoms with E-state index in [0.717, 1.165) is 13.0 Å². The topological polar surface area (TPSA) is 12.0 Å². The van der Waals surface area contributed by atoms with Crippen LogP contribution >= 0.6 is 11.3 Å². The quantitative estimate of drug-likeness (QED) is 0.827. The molecule has 0 spiro atoms. The third kappa shape index (κ3) is 3.44. The van der Waals surface area contributed by atoms with Crippen molar-refractivity contribution in [1.29, 1.82) is 0 Å². The SMILES string of the molecule is CCC(NCc1cc(C)cc(C)c1)c1cccs1. The minimum atomic E-state index is 0.478. The largest absolute Gasteiger partial charge is 0.305 e. The molecule has 0 aliphatic heterocycles. The van der Waals surface area contributed by atoms with Gasteiger partial charge in [-0.3, -0.25) is 0 Å². The number of benzene rings is 1. The van der Waals surface area contributed by atoms with Gasteiger partial charge in [-0.1, -0.05) is 42.3 Å². The number of rotatable bonds is 5. The first-order chi connectivity index (χ1) is 8.69. The maximum Gasteiger partial charge on any atom is 0.0414 e. The fourth-order valence-corrected chi connectivity index (χ4v) is 3.23. The second-order valence-electron chi connectivity index (χ2n) is 4.85. The minimum Gasteiger partial charge on any atom is -0.305 e. The highest BCUT2D eigenvalue weighted by molar-refractivity contribution is 7.10. The first-order valence-corrected chi connectivity index (χ1v) is 7.41. The average molecular weight is 259 g/mol. The molecule has 0 saturated carbocycles. The highest BCUT2D eigenvalue weighted by atomic mass is 32.1. The zero-order valence-corrected chi connectivity index (χ0v) is 12.2. The number of hydrogen-bond donors (Lipinski definition) is 1. The molecule has 0 radical (unpaired) electrons. The summed E-state index contributed by atoms with van der Waals surface area (Å²) in [5.74, 6) is 0. The van der Waals surface area contributed by atoms with Gasteiger partial charge in [-0.2, -0.15) is 0 Å². The summed E-state index contributed by atoms with van der Waals surface area (Å²) in [5.41, 5.74) is 4.06. The lowest BCUT2D eigenvalue weighted by molar-refractivity contribution is 0.526. The molecule has 18 heavy (non-hydrogen) atoms. The van der Waals surface area contributed by atoms with Crippen LogP contribution in [0.15, 0.2) is 35.7 Å². The van der Waals surface area contributed by atoms with Gasteiger partial charge in [0.15, 0.2) is 0 Å². The molecule has 1 aromatic heterocycles. The summed E-state index contributed by atoms with van der Waals surface area (Å²) in [6, 6.07) is 11.6. The molecule has 1 N–H and O–H groups in total. The van der Waals surface area contributed by atoms with Gasteiger partial charge < -0.3 is 5.32 Å². The van der Waals surface area contributed by atoms with Crippen LogP contribution in [0.4, 0.5) is 0 Å². The normalized spacial score (nSPS) is 12.6. The molecule has 2 rings (SSSR count). The van der Waals surface area contributed by atoms with E-state index in [9.17, 15) is 0 Å². The molecule has 0 fully saturated rings. The van der Waals surface area contributed by atoms with Gasteiger partial charge in [-0.25, -0.2) is 0 Å². The van der Waals surface area contributed by atoms with E-state index < -0.39 is 0 Å². The van der Waals surface area contributed by atoms with Crippen molar-refractivity contribution in [2.45, 2.75) is 39.8 Å². The van der Waals surface area contributed by atoms with E-state index in [2.05, 4.69) is 61.8 Å². The molecule has 1 heterocycles. The van der Waals surface area contributed by atoms with Gasteiger partial charge in [0.25, 0.3) is 0 Å². The number of hydrogen-bond acceptors (Lipinski definition) is 2. The Morgan fingerprint density at radius 2 is 1.89 bits per heavy atom. The van der Waals surface area contributed by atoms with Crippen LogP contribution in [-0.4, -0.2) is 0 Å². The van der Waals surface area contributed by atoms with Gasteiger partial charge in [0.1, 0.15) is 0 Å². The number of aryl methyl sites for hydroxylation is 2. The third-order valence-corrected chi connectivity index (χ3v) is 4.11. The lowest BCUT2D eigenvalue weighted by atomic mass is 10.1. The van der Waals surface area contributed by atoms with Gasteiger partial charge in [-0.15, -0.1) is 11.3 Å². The van der Waals surface area contributed by atoms with Crippen LogP contribution in [0.25, 0.3) is 0 Å². The Morgan fingerprint density at radius 3 is 2.44 bits per heavy atom. The van der Waals surface area contributed by atoms with Crippen molar-refractivity contribution >= 4 is 11.3 Å². The Hall–Kier alpha value is -1.12. The molecule has 0 saturated heterocycles. The van der Waals surface area contributed by atoms with Gasteiger partial charge in [0.2, 0.25) is 0 Å². The van der Waals surface area contributed by atoms with Crippen LogP contribution in [-0.2, 0) is 6.54 Å². The van der Waals surface area contributed by atoms with Gasteiger partial charge in [-0.05, 0) is 37.3 Å². The van der Waals surface area contributed by atoms with E-state index in [1.165, 1.54) is 21.6 Å². The lowest BCUT2D eigenvalue weighted by Crippen LogP contribution is -2.19. The molecule has 1 nitrogen and oxygen atoms in total. The first kappa shape index (κ1) is 13.3. The maximum atomic E-state index is 3.65. The van der Waals surface area contributed by atoms with Crippen molar-refractivity contribution in [3.8, 4) is 0 Å². The van der Waals surface area contributed by atoms with Crippen LogP contribution in [0.5, 0.6) is 0 Å². The Kier molecular flexibility index (Phi) is 4.56. The molecule has 1 aromatic carbocycles. The molecular formula is C16H21NS. The fraction of sp³-hybridized carbons (Fsp3) is 0.375. The van der Waals surface area contributed by atoms with E-state index in [1.54, 1.807) is 0 Å². The molecular weight excluding hydrogens is 238 g/mol. The highest BCUT2D eigenvalue weighted by Crippen LogP contribution is 2.22. The average Bonchev–Trinajstić information content (AvgIpc) is 2.82. The van der Waals surface area contributed by atoms with Crippen LogP contribution in [0.1, 0.15) is 41.0 Å². The Morgan fingerprint density at radius 1 is 1.17 bits per heavy atom. The van der Waals surface area contributed by atoms with Gasteiger partial charge >= 0.3 is 0 Å². The standard InChI is InChI=1S/C16H21NS/c1-4-15(16-6-5-7-18-16)17-11-14-9-12(2)8-13(3)10-14/h5-10,15,17H,4,11H2,1-3H3. The Balaban J connectivity index is 2.01. The van der Waals surface area contributed by atoms with E-state index >= 15 is 0 Å². The molecule has 96 valence electrons. The highest BCUT2D eigenvalue weighted by Gasteiger charge is 2.09. The summed E-state index contributed by atoms with van der Waals surface area (Å²) in [4.78, 5) is 1.43. The second-order valence-corrected chi connectivity index (χ2v) is 5.83. The summed E-state index contributed by atoms with van der Waals surface area (Å²) >= 11 is 1.83. The predicted molar refractivity (Wildman–Crippen MR) is 80.1 cm³/mol. The minimum absolute atomic E-state index is 0.478. The number of nitrogens with one attached hydrogen (secondary N) is 1. The van der Waals surface area contributed by atoms with Crippen LogP contribution in [0.3, 0.4) is 0 Å². The predicted octanol–water partition coefficient (Wildman–Crippen LogP) is 4.61. The maximum absolute atomic E-state index is 3.65. The van der Waals surface area contributed by atoms with Crippen molar-refractivity contribution in [3.05, 3.63) is 57.3 Å². The Labute approximate surface area is 114 Å². The summed E-state index contributed by atoms with van der Waals surface area (Å²) in [6.45, 7) is 7.50. The lowest BCUT2D eigenvalue weighted by Gasteiger charge is -2.16. The van der Waals surface area contributed by atoms with Crippen molar-refractivity contribution in [1.82, 2.24) is 5.32 Å². The van der Waals surface area contributed by atoms with Crippen LogP contribution in [0, 0.1) is 13.8 Å². The summed E-state index contributed by atoms with van der Waals surface area (Å²) in [6.07, 6.45) is 1.13. The monoisotopic (exact) mass is 259 g/mol.